The van der Waals surface area contributed by atoms with Crippen LogP contribution in [0.25, 0.3) is 0 Å². The predicted octanol–water partition coefficient (Wildman–Crippen LogP) is 0.623. The number of hydrogen-bond acceptors (Lipinski definition) is 6. The molecule has 114 valence electrons. The fourth-order valence-electron chi connectivity index (χ4n) is 2.50. The first kappa shape index (κ1) is 15.2. The van der Waals surface area contributed by atoms with Gasteiger partial charge in [-0.05, 0) is 11.6 Å². The molecule has 1 fully saturated rings. The van der Waals surface area contributed by atoms with Crippen LogP contribution in [0.5, 0.6) is 5.75 Å². The van der Waals surface area contributed by atoms with Gasteiger partial charge >= 0.3 is 5.97 Å². The van der Waals surface area contributed by atoms with Crippen LogP contribution in [0.2, 0.25) is 0 Å². The molecule has 21 heavy (non-hydrogen) atoms. The van der Waals surface area contributed by atoms with E-state index in [9.17, 15) is 20.0 Å². The van der Waals surface area contributed by atoms with Gasteiger partial charge in [0.05, 0.1) is 24.2 Å². The summed E-state index contributed by atoms with van der Waals surface area (Å²) in [6.07, 6.45) is -0.548. The van der Waals surface area contributed by atoms with Gasteiger partial charge in [-0.1, -0.05) is 0 Å². The number of aliphatic carboxylic acids is 1. The largest absolute Gasteiger partial charge is 0.496 e. The van der Waals surface area contributed by atoms with E-state index in [4.69, 9.17) is 9.84 Å². The highest BCUT2D eigenvalue weighted by atomic mass is 16.6. The minimum Gasteiger partial charge on any atom is -0.496 e. The maximum absolute atomic E-state index is 11.2. The number of carbonyl (C=O) groups is 1. The molecular formula is C13H16N2O6. The van der Waals surface area contributed by atoms with E-state index in [0.29, 0.717) is 11.3 Å². The van der Waals surface area contributed by atoms with Crippen molar-refractivity contribution in [3.63, 3.8) is 0 Å². The number of carboxylic acids is 1. The molecule has 1 aromatic rings. The van der Waals surface area contributed by atoms with Crippen LogP contribution in [0.1, 0.15) is 12.0 Å². The number of carboxylic acid groups (broad SMARTS) is 1. The molecule has 2 N–H and O–H groups in total. The molecule has 0 spiro atoms. The van der Waals surface area contributed by atoms with Crippen LogP contribution in [0, 0.1) is 10.1 Å². The number of hydrogen-bond donors (Lipinski definition) is 2. The van der Waals surface area contributed by atoms with E-state index in [1.54, 1.807) is 11.0 Å². The molecule has 0 saturated carbocycles. The molecule has 1 aliphatic heterocycles. The van der Waals surface area contributed by atoms with E-state index < -0.39 is 23.0 Å². The Morgan fingerprint density at radius 3 is 2.81 bits per heavy atom. The predicted molar refractivity (Wildman–Crippen MR) is 72.1 cm³/mol. The van der Waals surface area contributed by atoms with Crippen LogP contribution >= 0.6 is 0 Å². The first-order valence-electron chi connectivity index (χ1n) is 6.38. The lowest BCUT2D eigenvalue weighted by Crippen LogP contribution is -2.35. The van der Waals surface area contributed by atoms with Crippen molar-refractivity contribution in [2.45, 2.75) is 25.1 Å². The van der Waals surface area contributed by atoms with E-state index in [-0.39, 0.29) is 25.2 Å². The topological polar surface area (TPSA) is 113 Å². The van der Waals surface area contributed by atoms with Crippen molar-refractivity contribution in [1.82, 2.24) is 4.90 Å². The minimum absolute atomic E-state index is 0.115. The second-order valence-electron chi connectivity index (χ2n) is 4.97. The van der Waals surface area contributed by atoms with Crippen LogP contribution < -0.4 is 4.74 Å². The number of nitro groups is 1. The van der Waals surface area contributed by atoms with E-state index in [0.717, 1.165) is 0 Å². The van der Waals surface area contributed by atoms with Crippen LogP contribution in [-0.2, 0) is 11.3 Å². The molecule has 0 radical (unpaired) electrons. The van der Waals surface area contributed by atoms with Crippen molar-refractivity contribution in [3.8, 4) is 5.75 Å². The molecule has 2 atom stereocenters. The summed E-state index contributed by atoms with van der Waals surface area (Å²) in [4.78, 5) is 23.1. The Morgan fingerprint density at radius 1 is 1.52 bits per heavy atom. The number of β-amino-alcohol motifs (C(OH)–C–C–N with tert-alkyl or cyclic N) is 1. The van der Waals surface area contributed by atoms with Gasteiger partial charge in [0, 0.05) is 25.6 Å². The van der Waals surface area contributed by atoms with Crippen molar-refractivity contribution in [1.29, 1.82) is 0 Å². The Bertz CT molecular complexity index is 562. The quantitative estimate of drug-likeness (QED) is 0.605. The van der Waals surface area contributed by atoms with Gasteiger partial charge in [-0.25, -0.2) is 0 Å². The average molecular weight is 296 g/mol. The van der Waals surface area contributed by atoms with Gasteiger partial charge in [-0.2, -0.15) is 0 Å². The first-order valence-corrected chi connectivity index (χ1v) is 6.38. The van der Waals surface area contributed by atoms with Crippen molar-refractivity contribution in [3.05, 3.63) is 33.9 Å². The normalized spacial score (nSPS) is 22.2. The highest BCUT2D eigenvalue weighted by Gasteiger charge is 2.35. The lowest BCUT2D eigenvalue weighted by molar-refractivity contribution is -0.385. The second kappa shape index (κ2) is 6.06. The molecule has 1 aromatic carbocycles. The highest BCUT2D eigenvalue weighted by molar-refractivity contribution is 5.74. The first-order chi connectivity index (χ1) is 9.90. The van der Waals surface area contributed by atoms with Gasteiger partial charge in [0.25, 0.3) is 5.69 Å². The molecule has 2 unspecified atom stereocenters. The molecule has 2 rings (SSSR count). The summed E-state index contributed by atoms with van der Waals surface area (Å²) in [6.45, 7) is 0.425. The SMILES string of the molecule is COc1cc(CN2CC(O)CC2C(=O)O)cc([N+](=O)[O-])c1. The van der Waals surface area contributed by atoms with E-state index in [2.05, 4.69) is 0 Å². The maximum Gasteiger partial charge on any atom is 0.321 e. The molecule has 8 heteroatoms. The number of likely N-dealkylation sites (tertiary alicyclic amines) is 1. The Hall–Kier alpha value is -2.19. The molecule has 0 aromatic heterocycles. The van der Waals surface area contributed by atoms with Gasteiger partial charge in [0.15, 0.2) is 0 Å². The van der Waals surface area contributed by atoms with Gasteiger partial charge in [0.2, 0.25) is 0 Å². The van der Waals surface area contributed by atoms with Crippen molar-refractivity contribution < 1.29 is 24.7 Å². The lowest BCUT2D eigenvalue weighted by atomic mass is 10.1. The third-order valence-corrected chi connectivity index (χ3v) is 3.45. The number of benzene rings is 1. The summed E-state index contributed by atoms with van der Waals surface area (Å²) >= 11 is 0. The van der Waals surface area contributed by atoms with Gasteiger partial charge in [0.1, 0.15) is 11.8 Å². The Balaban J connectivity index is 2.24. The highest BCUT2D eigenvalue weighted by Crippen LogP contribution is 2.26. The summed E-state index contributed by atoms with van der Waals surface area (Å²) in [5, 5.41) is 29.6. The minimum atomic E-state index is -1.01. The summed E-state index contributed by atoms with van der Waals surface area (Å²) in [5.74, 6) is -0.672. The molecule has 0 amide bonds. The van der Waals surface area contributed by atoms with E-state index in [1.165, 1.54) is 19.2 Å². The Labute approximate surface area is 120 Å². The molecule has 1 saturated heterocycles. The summed E-state index contributed by atoms with van der Waals surface area (Å²) in [5.41, 5.74) is 0.456. The monoisotopic (exact) mass is 296 g/mol. The van der Waals surface area contributed by atoms with Gasteiger partial charge < -0.3 is 14.9 Å². The van der Waals surface area contributed by atoms with E-state index in [1.807, 2.05) is 0 Å². The molecule has 1 heterocycles. The zero-order valence-corrected chi connectivity index (χ0v) is 11.4. The Kier molecular flexibility index (Phi) is 4.39. The van der Waals surface area contributed by atoms with Gasteiger partial charge in [-0.3, -0.25) is 19.8 Å². The lowest BCUT2D eigenvalue weighted by Gasteiger charge is -2.20. The number of methoxy groups -OCH3 is 1. The van der Waals surface area contributed by atoms with Crippen molar-refractivity contribution >= 4 is 11.7 Å². The molecule has 0 aliphatic carbocycles. The molecule has 0 bridgehead atoms. The van der Waals surface area contributed by atoms with Gasteiger partial charge in [-0.15, -0.1) is 0 Å². The fraction of sp³-hybridized carbons (Fsp3) is 0.462. The molecule has 1 aliphatic rings. The van der Waals surface area contributed by atoms with E-state index >= 15 is 0 Å². The number of aliphatic hydroxyl groups is 1. The maximum atomic E-state index is 11.2. The van der Waals surface area contributed by atoms with Crippen molar-refractivity contribution in [2.24, 2.45) is 0 Å². The fourth-order valence-corrected chi connectivity index (χ4v) is 2.50. The Morgan fingerprint density at radius 2 is 2.24 bits per heavy atom. The zero-order valence-electron chi connectivity index (χ0n) is 11.4. The number of non-ortho nitro benzene ring substituents is 1. The average Bonchev–Trinajstić information content (AvgIpc) is 2.79. The summed E-state index contributed by atoms with van der Waals surface area (Å²) < 4.78 is 5.02. The number of nitro benzene ring substituents is 1. The molecular weight excluding hydrogens is 280 g/mol. The number of ether oxygens (including phenoxy) is 1. The number of nitrogens with zero attached hydrogens (tertiary/aromatic N) is 2. The molecule has 8 nitrogen and oxygen atoms in total. The number of aliphatic hydroxyl groups excluding tert-OH is 1. The zero-order chi connectivity index (χ0) is 15.6. The third-order valence-electron chi connectivity index (χ3n) is 3.45. The van der Waals surface area contributed by atoms with Crippen LogP contribution in [0.15, 0.2) is 18.2 Å². The standard InChI is InChI=1S/C13H16N2O6/c1-21-11-3-8(2-9(4-11)15(19)20)6-14-7-10(16)5-12(14)13(17)18/h2-4,10,12,16H,5-7H2,1H3,(H,17,18). The van der Waals surface area contributed by atoms with Crippen LogP contribution in [0.3, 0.4) is 0 Å². The van der Waals surface area contributed by atoms with Crippen LogP contribution in [0.4, 0.5) is 5.69 Å². The number of rotatable bonds is 5. The smallest absolute Gasteiger partial charge is 0.321 e. The van der Waals surface area contributed by atoms with Crippen LogP contribution in [-0.4, -0.2) is 51.8 Å². The second-order valence-corrected chi connectivity index (χ2v) is 4.97. The van der Waals surface area contributed by atoms with Crippen molar-refractivity contribution in [2.75, 3.05) is 13.7 Å². The third kappa shape index (κ3) is 3.47. The summed E-state index contributed by atoms with van der Waals surface area (Å²) in [7, 11) is 1.41. The summed E-state index contributed by atoms with van der Waals surface area (Å²) in [6, 6.07) is 3.52.